The van der Waals surface area contributed by atoms with Crippen LogP contribution in [0.4, 0.5) is 5.69 Å². The second-order valence-electron chi connectivity index (χ2n) is 3.99. The van der Waals surface area contributed by atoms with Crippen molar-refractivity contribution in [3.63, 3.8) is 0 Å². The summed E-state index contributed by atoms with van der Waals surface area (Å²) >= 11 is 13.0. The van der Waals surface area contributed by atoms with E-state index in [9.17, 15) is 4.79 Å². The average molecular weight is 332 g/mol. The van der Waals surface area contributed by atoms with E-state index in [1.807, 2.05) is 0 Å². The van der Waals surface area contributed by atoms with Crippen molar-refractivity contribution >= 4 is 46.6 Å². The Morgan fingerprint density at radius 1 is 1.35 bits per heavy atom. The third kappa shape index (κ3) is 3.84. The van der Waals surface area contributed by atoms with Gasteiger partial charge in [-0.05, 0) is 35.5 Å². The molecular weight excluding hydrogens is 321 g/mol. The molecule has 0 bridgehead atoms. The molecule has 0 aliphatic rings. The third-order valence-electron chi connectivity index (χ3n) is 2.36. The number of hydrogen-bond acceptors (Lipinski definition) is 5. The van der Waals surface area contributed by atoms with Crippen LogP contribution in [0.15, 0.2) is 23.4 Å². The highest BCUT2D eigenvalue weighted by atomic mass is 35.5. The fraction of sp³-hybridized carbons (Fsp3) is 0.273. The summed E-state index contributed by atoms with van der Waals surface area (Å²) in [7, 11) is 1.71. The van der Waals surface area contributed by atoms with E-state index >= 15 is 0 Å². The number of aromatic nitrogens is 4. The Labute approximate surface area is 129 Å². The largest absolute Gasteiger partial charge is 0.325 e. The maximum Gasteiger partial charge on any atom is 0.237 e. The quantitative estimate of drug-likeness (QED) is 0.872. The summed E-state index contributed by atoms with van der Waals surface area (Å²) in [6, 6.07) is 4.86. The molecule has 106 valence electrons. The van der Waals surface area contributed by atoms with Crippen LogP contribution >= 0.6 is 35.0 Å². The molecule has 0 radical (unpaired) electrons. The zero-order valence-electron chi connectivity index (χ0n) is 10.7. The van der Waals surface area contributed by atoms with E-state index in [1.165, 1.54) is 16.4 Å². The van der Waals surface area contributed by atoms with Gasteiger partial charge in [0.2, 0.25) is 11.1 Å². The van der Waals surface area contributed by atoms with Crippen LogP contribution in [0.2, 0.25) is 10.0 Å². The molecule has 0 saturated carbocycles. The van der Waals surface area contributed by atoms with Gasteiger partial charge in [0.25, 0.3) is 0 Å². The highest BCUT2D eigenvalue weighted by Crippen LogP contribution is 2.24. The summed E-state index contributed by atoms with van der Waals surface area (Å²) in [5.41, 5.74) is 0.552. The molecule has 0 saturated heterocycles. The van der Waals surface area contributed by atoms with Crippen LogP contribution in [0.3, 0.4) is 0 Å². The average Bonchev–Trinajstić information content (AvgIpc) is 2.73. The lowest BCUT2D eigenvalue weighted by molar-refractivity contribution is -0.115. The van der Waals surface area contributed by atoms with E-state index < -0.39 is 0 Å². The van der Waals surface area contributed by atoms with Gasteiger partial charge < -0.3 is 5.32 Å². The molecule has 2 aromatic rings. The normalized spacial score (nSPS) is 12.2. The van der Waals surface area contributed by atoms with Crippen LogP contribution in [0.1, 0.15) is 6.92 Å². The van der Waals surface area contributed by atoms with Crippen molar-refractivity contribution in [3.8, 4) is 0 Å². The smallest absolute Gasteiger partial charge is 0.237 e. The first-order valence-corrected chi connectivity index (χ1v) is 7.25. The van der Waals surface area contributed by atoms with Crippen molar-refractivity contribution in [2.75, 3.05) is 5.32 Å². The van der Waals surface area contributed by atoms with Gasteiger partial charge in [-0.2, -0.15) is 0 Å². The third-order valence-corrected chi connectivity index (χ3v) is 3.92. The van der Waals surface area contributed by atoms with Gasteiger partial charge in [-0.15, -0.1) is 5.10 Å². The van der Waals surface area contributed by atoms with Crippen LogP contribution < -0.4 is 5.32 Å². The van der Waals surface area contributed by atoms with Crippen molar-refractivity contribution in [1.29, 1.82) is 0 Å². The number of carbonyl (C=O) groups excluding carboxylic acids is 1. The Hall–Kier alpha value is -1.31. The van der Waals surface area contributed by atoms with E-state index in [1.54, 1.807) is 32.2 Å². The molecule has 0 unspecified atom stereocenters. The predicted molar refractivity (Wildman–Crippen MR) is 79.2 cm³/mol. The molecule has 1 amide bonds. The zero-order chi connectivity index (χ0) is 14.7. The number of nitrogens with one attached hydrogen (secondary N) is 1. The molecule has 20 heavy (non-hydrogen) atoms. The number of thioether (sulfide) groups is 1. The summed E-state index contributed by atoms with van der Waals surface area (Å²) in [4.78, 5) is 12.1. The van der Waals surface area contributed by atoms with Crippen LogP contribution in [0.5, 0.6) is 0 Å². The second kappa shape index (κ2) is 6.43. The van der Waals surface area contributed by atoms with Gasteiger partial charge in [-0.3, -0.25) is 4.79 Å². The van der Waals surface area contributed by atoms with Crippen molar-refractivity contribution < 1.29 is 4.79 Å². The van der Waals surface area contributed by atoms with E-state index in [-0.39, 0.29) is 11.2 Å². The molecule has 0 aliphatic heterocycles. The minimum absolute atomic E-state index is 0.184. The number of tetrazole rings is 1. The molecule has 1 N–H and O–H groups in total. The first kappa shape index (κ1) is 15.1. The summed E-state index contributed by atoms with van der Waals surface area (Å²) in [5, 5.41) is 14.9. The zero-order valence-corrected chi connectivity index (χ0v) is 13.0. The first-order valence-electron chi connectivity index (χ1n) is 5.61. The number of anilines is 1. The number of aryl methyl sites for hydroxylation is 1. The molecule has 0 aliphatic carbocycles. The van der Waals surface area contributed by atoms with Crippen molar-refractivity contribution in [1.82, 2.24) is 20.2 Å². The molecule has 0 spiro atoms. The Balaban J connectivity index is 2.02. The van der Waals surface area contributed by atoms with Crippen LogP contribution in [0.25, 0.3) is 0 Å². The number of benzene rings is 1. The van der Waals surface area contributed by atoms with Crippen molar-refractivity contribution in [3.05, 3.63) is 28.2 Å². The van der Waals surface area contributed by atoms with Gasteiger partial charge in [0.1, 0.15) is 0 Å². The van der Waals surface area contributed by atoms with E-state index in [2.05, 4.69) is 20.8 Å². The molecule has 1 heterocycles. The summed E-state index contributed by atoms with van der Waals surface area (Å²) in [6.45, 7) is 1.76. The lowest BCUT2D eigenvalue weighted by Crippen LogP contribution is -2.22. The summed E-state index contributed by atoms with van der Waals surface area (Å²) in [6.07, 6.45) is 0. The number of halogens is 2. The summed E-state index contributed by atoms with van der Waals surface area (Å²) < 4.78 is 1.50. The lowest BCUT2D eigenvalue weighted by atomic mass is 10.3. The number of rotatable bonds is 4. The highest BCUT2D eigenvalue weighted by molar-refractivity contribution is 8.00. The maximum absolute atomic E-state index is 12.1. The van der Waals surface area contributed by atoms with Crippen molar-refractivity contribution in [2.45, 2.75) is 17.3 Å². The fourth-order valence-corrected chi connectivity index (χ4v) is 2.68. The van der Waals surface area contributed by atoms with Gasteiger partial charge in [0, 0.05) is 22.8 Å². The SMILES string of the molecule is C[C@@H](Sc1nnnn1C)C(=O)Nc1cc(Cl)cc(Cl)c1. The Morgan fingerprint density at radius 2 is 2.00 bits per heavy atom. The van der Waals surface area contributed by atoms with E-state index in [0.29, 0.717) is 20.9 Å². The minimum Gasteiger partial charge on any atom is -0.325 e. The van der Waals surface area contributed by atoms with Crippen LogP contribution in [-0.2, 0) is 11.8 Å². The standard InChI is InChI=1S/C11H11Cl2N5OS/c1-6(20-11-15-16-17-18(11)2)10(19)14-9-4-7(12)3-8(13)5-9/h3-6H,1-2H3,(H,14,19)/t6-/m1/s1. The van der Waals surface area contributed by atoms with Gasteiger partial charge >= 0.3 is 0 Å². The molecule has 9 heteroatoms. The Bertz CT molecular complexity index is 613. The second-order valence-corrected chi connectivity index (χ2v) is 6.17. The number of carbonyl (C=O) groups is 1. The topological polar surface area (TPSA) is 72.7 Å². The Morgan fingerprint density at radius 3 is 2.55 bits per heavy atom. The number of nitrogens with zero attached hydrogens (tertiary/aromatic N) is 4. The van der Waals surface area contributed by atoms with E-state index in [0.717, 1.165) is 0 Å². The number of amides is 1. The molecule has 1 aromatic heterocycles. The maximum atomic E-state index is 12.1. The van der Waals surface area contributed by atoms with Gasteiger partial charge in [0.05, 0.1) is 5.25 Å². The predicted octanol–water partition coefficient (Wildman–Crippen LogP) is 2.64. The highest BCUT2D eigenvalue weighted by Gasteiger charge is 2.18. The molecule has 2 rings (SSSR count). The monoisotopic (exact) mass is 331 g/mol. The van der Waals surface area contributed by atoms with Gasteiger partial charge in [-0.25, -0.2) is 4.68 Å². The molecular formula is C11H11Cl2N5OS. The first-order chi connectivity index (χ1) is 9.45. The molecule has 1 aromatic carbocycles. The van der Waals surface area contributed by atoms with Crippen LogP contribution in [0, 0.1) is 0 Å². The van der Waals surface area contributed by atoms with Gasteiger partial charge in [-0.1, -0.05) is 35.0 Å². The molecule has 0 fully saturated rings. The van der Waals surface area contributed by atoms with Crippen LogP contribution in [-0.4, -0.2) is 31.4 Å². The summed E-state index contributed by atoms with van der Waals surface area (Å²) in [5.74, 6) is -0.184. The lowest BCUT2D eigenvalue weighted by Gasteiger charge is -2.11. The fourth-order valence-electron chi connectivity index (χ4n) is 1.40. The van der Waals surface area contributed by atoms with Gasteiger partial charge in [0.15, 0.2) is 0 Å². The number of hydrogen-bond donors (Lipinski definition) is 1. The Kier molecular flexibility index (Phi) is 4.85. The molecule has 1 atom stereocenters. The molecule has 6 nitrogen and oxygen atoms in total. The van der Waals surface area contributed by atoms with Crippen molar-refractivity contribution in [2.24, 2.45) is 7.05 Å². The van der Waals surface area contributed by atoms with E-state index in [4.69, 9.17) is 23.2 Å². The minimum atomic E-state index is -0.363.